The Morgan fingerprint density at radius 2 is 1.56 bits per heavy atom. The molecule has 50 heavy (non-hydrogen) atoms. The van der Waals surface area contributed by atoms with E-state index in [4.69, 9.17) is 4.74 Å². The van der Waals surface area contributed by atoms with E-state index < -0.39 is 5.82 Å². The molecule has 0 fully saturated rings. The number of halogens is 2. The Labute approximate surface area is 293 Å². The minimum atomic E-state index is -0.402. The Morgan fingerprint density at radius 1 is 0.820 bits per heavy atom. The van der Waals surface area contributed by atoms with Crippen molar-refractivity contribution in [3.05, 3.63) is 131 Å². The summed E-state index contributed by atoms with van der Waals surface area (Å²) in [5, 5.41) is 18.9. The van der Waals surface area contributed by atoms with Crippen LogP contribution in [0.3, 0.4) is 0 Å². The number of aromatic nitrogens is 2. The fraction of sp³-hybridized carbons (Fsp3) is 0.333. The third kappa shape index (κ3) is 7.87. The normalized spacial score (nSPS) is 13.8. The van der Waals surface area contributed by atoms with Gasteiger partial charge in [-0.15, -0.1) is 0 Å². The fourth-order valence-electron chi connectivity index (χ4n) is 7.28. The van der Waals surface area contributed by atoms with Crippen molar-refractivity contribution in [3.63, 3.8) is 0 Å². The molecule has 1 aliphatic rings. The van der Waals surface area contributed by atoms with Crippen LogP contribution in [0, 0.1) is 11.6 Å². The zero-order valence-electron chi connectivity index (χ0n) is 29.3. The summed E-state index contributed by atoms with van der Waals surface area (Å²) in [5.74, 6) is -0.284. The summed E-state index contributed by atoms with van der Waals surface area (Å²) < 4.78 is 37.5. The van der Waals surface area contributed by atoms with E-state index in [-0.39, 0.29) is 11.6 Å². The molecule has 1 unspecified atom stereocenters. The number of rotatable bonds is 13. The van der Waals surface area contributed by atoms with Gasteiger partial charge in [-0.3, -0.25) is 0 Å². The second kappa shape index (κ2) is 16.4. The third-order valence-electron chi connectivity index (χ3n) is 9.69. The van der Waals surface area contributed by atoms with Gasteiger partial charge in [0.25, 0.3) is 0 Å². The molecule has 0 aliphatic heterocycles. The number of phenolic OH excluding ortho intramolecular Hbond substituents is 1. The first-order valence-corrected chi connectivity index (χ1v) is 17.8. The molecule has 4 aromatic carbocycles. The van der Waals surface area contributed by atoms with Crippen LogP contribution >= 0.6 is 0 Å². The smallest absolute Gasteiger partial charge is 0.165 e. The van der Waals surface area contributed by atoms with Crippen LogP contribution < -0.4 is 15.4 Å². The molecule has 0 spiro atoms. The van der Waals surface area contributed by atoms with Crippen molar-refractivity contribution < 1.29 is 18.6 Å². The average Bonchev–Trinajstić information content (AvgIpc) is 3.80. The lowest BCUT2D eigenvalue weighted by Gasteiger charge is -2.14. The molecule has 6 aromatic rings. The SMILES string of the molecule is CCOc1c(F)ccc2c1c(CCNC1CCc3ccccc31)cn2C.CCn1cc(CCNCCc2ccccc2)c2c(O)cc(F)cc21. The predicted octanol–water partition coefficient (Wildman–Crippen LogP) is 8.42. The highest BCUT2D eigenvalue weighted by atomic mass is 19.1. The highest BCUT2D eigenvalue weighted by molar-refractivity contribution is 5.91. The molecule has 0 amide bonds. The van der Waals surface area contributed by atoms with Crippen molar-refractivity contribution in [2.24, 2.45) is 7.05 Å². The van der Waals surface area contributed by atoms with E-state index >= 15 is 0 Å². The van der Waals surface area contributed by atoms with E-state index in [2.05, 4.69) is 69.9 Å². The zero-order valence-corrected chi connectivity index (χ0v) is 29.3. The minimum Gasteiger partial charge on any atom is -0.507 e. The van der Waals surface area contributed by atoms with Gasteiger partial charge in [0, 0.05) is 48.9 Å². The van der Waals surface area contributed by atoms with E-state index in [0.717, 1.165) is 91.2 Å². The third-order valence-corrected chi connectivity index (χ3v) is 9.69. The lowest BCUT2D eigenvalue weighted by Crippen LogP contribution is -2.21. The van der Waals surface area contributed by atoms with E-state index in [9.17, 15) is 13.9 Å². The topological polar surface area (TPSA) is 63.4 Å². The first-order valence-electron chi connectivity index (χ1n) is 17.8. The molecule has 2 heterocycles. The monoisotopic (exact) mass is 678 g/mol. The highest BCUT2D eigenvalue weighted by Gasteiger charge is 2.22. The van der Waals surface area contributed by atoms with Gasteiger partial charge in [0.1, 0.15) is 11.6 Å². The zero-order chi connectivity index (χ0) is 35.0. The molecule has 0 saturated carbocycles. The molecule has 0 bridgehead atoms. The maximum atomic E-state index is 14.3. The Morgan fingerprint density at radius 3 is 2.36 bits per heavy atom. The van der Waals surface area contributed by atoms with E-state index in [1.165, 1.54) is 34.9 Å². The van der Waals surface area contributed by atoms with Crippen molar-refractivity contribution in [1.29, 1.82) is 0 Å². The summed E-state index contributed by atoms with van der Waals surface area (Å²) >= 11 is 0. The number of ether oxygens (including phenoxy) is 1. The van der Waals surface area contributed by atoms with Gasteiger partial charge >= 0.3 is 0 Å². The Hall–Kier alpha value is -4.66. The predicted molar refractivity (Wildman–Crippen MR) is 199 cm³/mol. The van der Waals surface area contributed by atoms with Gasteiger partial charge in [0.2, 0.25) is 0 Å². The molecular weight excluding hydrogens is 630 g/mol. The molecule has 0 saturated heterocycles. The molecule has 262 valence electrons. The number of aryl methyl sites for hydroxylation is 3. The lowest BCUT2D eigenvalue weighted by molar-refractivity contribution is 0.326. The molecule has 1 atom stereocenters. The van der Waals surface area contributed by atoms with Gasteiger partial charge in [0.05, 0.1) is 17.6 Å². The van der Waals surface area contributed by atoms with Gasteiger partial charge in [-0.1, -0.05) is 54.6 Å². The van der Waals surface area contributed by atoms with Crippen molar-refractivity contribution in [1.82, 2.24) is 19.8 Å². The molecular formula is C42H48F2N4O2. The van der Waals surface area contributed by atoms with Gasteiger partial charge in [0.15, 0.2) is 11.6 Å². The molecule has 0 radical (unpaired) electrons. The summed E-state index contributed by atoms with van der Waals surface area (Å²) in [4.78, 5) is 0. The van der Waals surface area contributed by atoms with Gasteiger partial charge in [-0.25, -0.2) is 8.78 Å². The number of benzene rings is 4. The van der Waals surface area contributed by atoms with Crippen LogP contribution in [0.15, 0.2) is 91.3 Å². The quantitative estimate of drug-likeness (QED) is 0.107. The van der Waals surface area contributed by atoms with Gasteiger partial charge in [-0.05, 0) is 112 Å². The van der Waals surface area contributed by atoms with Crippen LogP contribution in [-0.4, -0.2) is 40.5 Å². The van der Waals surface area contributed by atoms with Gasteiger partial charge in [-0.2, -0.15) is 0 Å². The van der Waals surface area contributed by atoms with Gasteiger partial charge < -0.3 is 29.6 Å². The second-order valence-electron chi connectivity index (χ2n) is 13.0. The number of nitrogens with zero attached hydrogens (tertiary/aromatic N) is 2. The summed E-state index contributed by atoms with van der Waals surface area (Å²) in [6.07, 6.45) is 9.04. The first-order chi connectivity index (χ1) is 24.4. The van der Waals surface area contributed by atoms with Crippen molar-refractivity contribution in [2.75, 3.05) is 26.2 Å². The van der Waals surface area contributed by atoms with Crippen LogP contribution in [0.5, 0.6) is 11.5 Å². The average molecular weight is 679 g/mol. The largest absolute Gasteiger partial charge is 0.507 e. The van der Waals surface area contributed by atoms with Crippen LogP contribution in [0.4, 0.5) is 8.78 Å². The molecule has 7 rings (SSSR count). The molecule has 3 N–H and O–H groups in total. The number of hydrogen-bond donors (Lipinski definition) is 3. The van der Waals surface area contributed by atoms with Crippen molar-refractivity contribution >= 4 is 21.8 Å². The summed E-state index contributed by atoms with van der Waals surface area (Å²) in [7, 11) is 2.00. The number of hydrogen-bond acceptors (Lipinski definition) is 4. The number of aromatic hydroxyl groups is 1. The number of phenols is 1. The fourth-order valence-corrected chi connectivity index (χ4v) is 7.28. The van der Waals surface area contributed by atoms with E-state index in [0.29, 0.717) is 18.4 Å². The Balaban J connectivity index is 0.000000174. The summed E-state index contributed by atoms with van der Waals surface area (Å²) in [5.41, 5.74) is 8.15. The Kier molecular flexibility index (Phi) is 11.5. The minimum absolute atomic E-state index is 0.0245. The molecule has 6 nitrogen and oxygen atoms in total. The van der Waals surface area contributed by atoms with Crippen molar-refractivity contribution in [3.8, 4) is 11.5 Å². The highest BCUT2D eigenvalue weighted by Crippen LogP contribution is 2.35. The van der Waals surface area contributed by atoms with Crippen LogP contribution in [0.1, 0.15) is 54.1 Å². The van der Waals surface area contributed by atoms with Crippen LogP contribution in [0.25, 0.3) is 21.8 Å². The number of fused-ring (bicyclic) bond motifs is 3. The van der Waals surface area contributed by atoms with E-state index in [1.807, 2.05) is 43.8 Å². The molecule has 2 aromatic heterocycles. The van der Waals surface area contributed by atoms with Crippen LogP contribution in [-0.2, 0) is 39.3 Å². The van der Waals surface area contributed by atoms with Crippen LogP contribution in [0.2, 0.25) is 0 Å². The summed E-state index contributed by atoms with van der Waals surface area (Å²) in [6.45, 7) is 7.72. The number of nitrogens with one attached hydrogen (secondary N) is 2. The lowest BCUT2D eigenvalue weighted by atomic mass is 10.1. The van der Waals surface area contributed by atoms with Crippen molar-refractivity contribution in [2.45, 2.75) is 58.5 Å². The molecule has 8 heteroatoms. The van der Waals surface area contributed by atoms with E-state index in [1.54, 1.807) is 0 Å². The second-order valence-corrected chi connectivity index (χ2v) is 13.0. The maximum absolute atomic E-state index is 14.3. The maximum Gasteiger partial charge on any atom is 0.165 e. The Bertz CT molecular complexity index is 2040. The summed E-state index contributed by atoms with van der Waals surface area (Å²) in [6, 6.07) is 25.5. The standard InChI is InChI=1S/C22H25FN2O.C20H23FN2O/c1-3-26-22-18(23)9-11-20-21(22)16(14-25(20)2)12-13-24-19-10-8-15-6-4-5-7-17(15)19;1-2-23-14-16(20-18(23)12-17(21)13-19(20)24)9-11-22-10-8-15-6-4-3-5-7-15/h4-7,9,11,14,19,24H,3,8,10,12-13H2,1-2H3;3-7,12-14,22,24H,2,8-11H2,1H3. The first kappa shape index (κ1) is 35.2. The molecule has 1 aliphatic carbocycles.